The van der Waals surface area contributed by atoms with Gasteiger partial charge in [0.2, 0.25) is 0 Å². The maximum atomic E-state index is 2.58. The Labute approximate surface area is 250 Å². The Morgan fingerprint density at radius 1 is 0.690 bits per heavy atom. The number of fused-ring (bicyclic) bond motifs is 4. The number of anilines is 6. The second kappa shape index (κ2) is 10.3. The molecule has 4 aliphatic rings. The Hall–Kier alpha value is -4.18. The molecule has 208 valence electrons. The molecule has 42 heavy (non-hydrogen) atoms. The van der Waals surface area contributed by atoms with Crippen LogP contribution in [0.2, 0.25) is 0 Å². The summed E-state index contributed by atoms with van der Waals surface area (Å²) in [6.07, 6.45) is 15.9. The van der Waals surface area contributed by atoms with Crippen molar-refractivity contribution < 1.29 is 0 Å². The molecule has 1 saturated carbocycles. The van der Waals surface area contributed by atoms with Gasteiger partial charge in [-0.3, -0.25) is 0 Å². The molecule has 0 radical (unpaired) electrons. The molecule has 2 heterocycles. The highest BCUT2D eigenvalue weighted by molar-refractivity contribution is 7.00. The highest BCUT2D eigenvalue weighted by Gasteiger charge is 2.44. The van der Waals surface area contributed by atoms with Crippen molar-refractivity contribution in [2.24, 2.45) is 0 Å². The Kier molecular flexibility index (Phi) is 6.24. The van der Waals surface area contributed by atoms with Crippen LogP contribution < -0.4 is 31.1 Å². The smallest absolute Gasteiger partial charge is 0.252 e. The third-order valence-corrected chi connectivity index (χ3v) is 9.82. The quantitative estimate of drug-likeness (QED) is 0.213. The molecule has 3 nitrogen and oxygen atoms in total. The fraction of sp³-hybridized carbons (Fsp3) is 0.263. The Morgan fingerprint density at radius 3 is 2.19 bits per heavy atom. The lowest BCUT2D eigenvalue weighted by Gasteiger charge is -2.45. The summed E-state index contributed by atoms with van der Waals surface area (Å²) in [7, 11) is 4.29. The molecule has 0 atom stereocenters. The van der Waals surface area contributed by atoms with E-state index in [1.165, 1.54) is 93.9 Å². The third kappa shape index (κ3) is 4.03. The number of hydrogen-bond acceptors (Lipinski definition) is 3. The van der Waals surface area contributed by atoms with E-state index in [1.54, 1.807) is 0 Å². The zero-order valence-corrected chi connectivity index (χ0v) is 24.8. The number of hydrogen-bond donors (Lipinski definition) is 0. The molecule has 0 spiro atoms. The van der Waals surface area contributed by atoms with Gasteiger partial charge >= 0.3 is 0 Å². The van der Waals surface area contributed by atoms with Crippen LogP contribution in [0, 0.1) is 0 Å². The van der Waals surface area contributed by atoms with E-state index in [0.29, 0.717) is 5.92 Å². The van der Waals surface area contributed by atoms with Gasteiger partial charge in [-0.05, 0) is 108 Å². The van der Waals surface area contributed by atoms with Gasteiger partial charge in [0.15, 0.2) is 0 Å². The zero-order valence-electron chi connectivity index (χ0n) is 24.8. The first-order valence-electron chi connectivity index (χ1n) is 15.8. The summed E-state index contributed by atoms with van der Waals surface area (Å²) in [6, 6.07) is 32.4. The Morgan fingerprint density at radius 2 is 1.43 bits per heavy atom. The first-order chi connectivity index (χ1) is 20.7. The first kappa shape index (κ1) is 25.5. The highest BCUT2D eigenvalue weighted by atomic mass is 15.2. The molecule has 0 unspecified atom stereocenters. The van der Waals surface area contributed by atoms with Crippen LogP contribution in [0.4, 0.5) is 34.1 Å². The summed E-state index contributed by atoms with van der Waals surface area (Å²) in [5.41, 5.74) is 14.8. The highest BCUT2D eigenvalue weighted by Crippen LogP contribution is 2.46. The lowest BCUT2D eigenvalue weighted by Crippen LogP contribution is -2.61. The van der Waals surface area contributed by atoms with Gasteiger partial charge in [0.25, 0.3) is 6.71 Å². The van der Waals surface area contributed by atoms with E-state index in [4.69, 9.17) is 0 Å². The van der Waals surface area contributed by atoms with Crippen molar-refractivity contribution in [2.45, 2.75) is 50.9 Å². The maximum Gasteiger partial charge on any atom is 0.252 e. The van der Waals surface area contributed by atoms with E-state index < -0.39 is 0 Å². The van der Waals surface area contributed by atoms with Gasteiger partial charge in [0.1, 0.15) is 0 Å². The van der Waals surface area contributed by atoms with E-state index in [1.807, 2.05) is 0 Å². The predicted octanol–water partition coefficient (Wildman–Crippen LogP) is 7.79. The van der Waals surface area contributed by atoms with E-state index in [2.05, 4.69) is 132 Å². The van der Waals surface area contributed by atoms with Crippen LogP contribution in [0.15, 0.2) is 109 Å². The lowest BCUT2D eigenvalue weighted by atomic mass is 9.33. The molecule has 4 heteroatoms. The molecule has 1 fully saturated rings. The van der Waals surface area contributed by atoms with Gasteiger partial charge in [0, 0.05) is 53.9 Å². The SMILES string of the molecule is CN(C)c1ccc2c(c1)B1c3ccccc3N(C3=CCCC=C3)c3cc(C4CCCCC4)cc(c31)N2c1ccccc1. The minimum absolute atomic E-state index is 0.172. The molecule has 8 rings (SSSR count). The van der Waals surface area contributed by atoms with Gasteiger partial charge in [0.05, 0.1) is 0 Å². The van der Waals surface area contributed by atoms with E-state index >= 15 is 0 Å². The van der Waals surface area contributed by atoms with Crippen molar-refractivity contribution in [3.05, 3.63) is 114 Å². The van der Waals surface area contributed by atoms with Gasteiger partial charge in [-0.15, -0.1) is 0 Å². The molecule has 0 amide bonds. The van der Waals surface area contributed by atoms with E-state index in [9.17, 15) is 0 Å². The van der Waals surface area contributed by atoms with Gasteiger partial charge in [-0.25, -0.2) is 0 Å². The molecule has 0 bridgehead atoms. The van der Waals surface area contributed by atoms with Crippen molar-refractivity contribution in [1.82, 2.24) is 0 Å². The molecular weight excluding hydrogens is 509 g/mol. The molecule has 0 aromatic heterocycles. The van der Waals surface area contributed by atoms with Gasteiger partial charge in [-0.1, -0.05) is 67.8 Å². The molecule has 4 aromatic carbocycles. The molecule has 4 aromatic rings. The van der Waals surface area contributed by atoms with E-state index in [0.717, 1.165) is 12.8 Å². The van der Waals surface area contributed by atoms with Crippen LogP contribution >= 0.6 is 0 Å². The summed E-state index contributed by atoms with van der Waals surface area (Å²) < 4.78 is 0. The minimum atomic E-state index is 0.172. The van der Waals surface area contributed by atoms with Gasteiger partial charge < -0.3 is 14.7 Å². The summed E-state index contributed by atoms with van der Waals surface area (Å²) >= 11 is 0. The normalized spacial score (nSPS) is 17.4. The third-order valence-electron chi connectivity index (χ3n) is 9.82. The topological polar surface area (TPSA) is 9.72 Å². The second-order valence-corrected chi connectivity index (χ2v) is 12.6. The van der Waals surface area contributed by atoms with Crippen molar-refractivity contribution in [3.63, 3.8) is 0 Å². The standard InChI is InChI=1S/C38H38BN3/c1-40(2)31-22-23-35-33(26-31)39-32-20-12-13-21-34(32)41(29-16-8-4-9-17-29)36-24-28(27-14-6-3-7-15-27)25-37(38(36)39)42(35)30-18-10-5-11-19-30/h5,8,10-13,16-27H,3-4,6-7,9,14-15H2,1-2H3. The second-order valence-electron chi connectivity index (χ2n) is 12.6. The molecular formula is C38H38BN3. The summed E-state index contributed by atoms with van der Waals surface area (Å²) in [4.78, 5) is 7.36. The Balaban J connectivity index is 1.47. The van der Waals surface area contributed by atoms with Crippen molar-refractivity contribution in [3.8, 4) is 0 Å². The number of para-hydroxylation sites is 2. The van der Waals surface area contributed by atoms with Crippen LogP contribution in [-0.2, 0) is 0 Å². The summed E-state index contributed by atoms with van der Waals surface area (Å²) in [5.74, 6) is 0.615. The van der Waals surface area contributed by atoms with Gasteiger partial charge in [-0.2, -0.15) is 0 Å². The van der Waals surface area contributed by atoms with Crippen LogP contribution in [0.1, 0.15) is 56.4 Å². The average Bonchev–Trinajstić information content (AvgIpc) is 3.05. The summed E-state index contributed by atoms with van der Waals surface area (Å²) in [5, 5.41) is 0. The molecule has 2 aliphatic carbocycles. The minimum Gasteiger partial charge on any atom is -0.378 e. The Bertz CT molecular complexity index is 1710. The van der Waals surface area contributed by atoms with Crippen molar-refractivity contribution >= 4 is 57.2 Å². The van der Waals surface area contributed by atoms with Crippen LogP contribution in [0.3, 0.4) is 0 Å². The summed E-state index contributed by atoms with van der Waals surface area (Å²) in [6.45, 7) is 0.172. The molecule has 0 N–H and O–H groups in total. The molecule has 0 saturated heterocycles. The number of allylic oxidation sites excluding steroid dienone is 3. The fourth-order valence-electron chi connectivity index (χ4n) is 7.81. The average molecular weight is 548 g/mol. The lowest BCUT2D eigenvalue weighted by molar-refractivity contribution is 0.444. The first-order valence-corrected chi connectivity index (χ1v) is 15.8. The zero-order chi connectivity index (χ0) is 28.2. The number of nitrogens with zero attached hydrogens (tertiary/aromatic N) is 3. The van der Waals surface area contributed by atoms with Crippen LogP contribution in [-0.4, -0.2) is 20.8 Å². The predicted molar refractivity (Wildman–Crippen MR) is 181 cm³/mol. The largest absolute Gasteiger partial charge is 0.378 e. The maximum absolute atomic E-state index is 2.58. The van der Waals surface area contributed by atoms with Crippen molar-refractivity contribution in [2.75, 3.05) is 28.8 Å². The number of rotatable bonds is 4. The van der Waals surface area contributed by atoms with Crippen LogP contribution in [0.25, 0.3) is 0 Å². The number of benzene rings is 4. The van der Waals surface area contributed by atoms with E-state index in [-0.39, 0.29) is 6.71 Å². The fourth-order valence-corrected chi connectivity index (χ4v) is 7.81. The van der Waals surface area contributed by atoms with Crippen LogP contribution in [0.5, 0.6) is 0 Å². The van der Waals surface area contributed by atoms with Crippen molar-refractivity contribution in [1.29, 1.82) is 0 Å². The molecule has 2 aliphatic heterocycles. The monoisotopic (exact) mass is 547 g/mol.